The smallest absolute Gasteiger partial charge is 0.338 e. The van der Waals surface area contributed by atoms with Crippen molar-refractivity contribution in [2.24, 2.45) is 0 Å². The van der Waals surface area contributed by atoms with E-state index in [9.17, 15) is 4.79 Å². The minimum absolute atomic E-state index is 0.256. The monoisotopic (exact) mass is 265 g/mol. The lowest BCUT2D eigenvalue weighted by atomic mass is 10.1. The van der Waals surface area contributed by atoms with Crippen LogP contribution >= 0.6 is 11.8 Å². The van der Waals surface area contributed by atoms with Crippen molar-refractivity contribution >= 4 is 23.4 Å². The zero-order chi connectivity index (χ0) is 13.0. The summed E-state index contributed by atoms with van der Waals surface area (Å²) in [4.78, 5) is 11.5. The Morgan fingerprint density at radius 2 is 2.17 bits per heavy atom. The molecule has 2 rings (SSSR count). The summed E-state index contributed by atoms with van der Waals surface area (Å²) < 4.78 is 4.96. The fraction of sp³-hybridized carbons (Fsp3) is 0.500. The molecule has 1 saturated heterocycles. The van der Waals surface area contributed by atoms with Gasteiger partial charge in [0.1, 0.15) is 0 Å². The van der Waals surface area contributed by atoms with E-state index in [0.717, 1.165) is 5.69 Å². The number of rotatable bonds is 4. The molecule has 0 aromatic heterocycles. The lowest BCUT2D eigenvalue weighted by Gasteiger charge is -2.17. The molecule has 1 N–H and O–H groups in total. The van der Waals surface area contributed by atoms with E-state index >= 15 is 0 Å². The fourth-order valence-electron chi connectivity index (χ4n) is 2.05. The Morgan fingerprint density at radius 1 is 1.44 bits per heavy atom. The molecule has 0 radical (unpaired) electrons. The maximum atomic E-state index is 11.5. The van der Waals surface area contributed by atoms with Crippen LogP contribution in [0.1, 0.15) is 30.6 Å². The number of nitrogens with one attached hydrogen (secondary N) is 1. The molecule has 98 valence electrons. The zero-order valence-electron chi connectivity index (χ0n) is 10.8. The Kier molecular flexibility index (Phi) is 4.53. The third kappa shape index (κ3) is 3.19. The third-order valence-electron chi connectivity index (χ3n) is 3.12. The van der Waals surface area contributed by atoms with Gasteiger partial charge in [-0.15, -0.1) is 0 Å². The standard InChI is InChI=1S/C14H19NO2S/c1-3-17-14(16)11-4-6-12(7-5-11)15-13-8-9-18-10(13)2/h4-7,10,13,15H,3,8-9H2,1-2H3. The minimum atomic E-state index is -0.256. The average molecular weight is 265 g/mol. The number of ether oxygens (including phenoxy) is 1. The van der Waals surface area contributed by atoms with Gasteiger partial charge >= 0.3 is 5.97 Å². The van der Waals surface area contributed by atoms with E-state index < -0.39 is 0 Å². The molecule has 2 unspecified atom stereocenters. The van der Waals surface area contributed by atoms with E-state index in [0.29, 0.717) is 23.5 Å². The number of hydrogen-bond donors (Lipinski definition) is 1. The van der Waals surface area contributed by atoms with Gasteiger partial charge in [0, 0.05) is 17.0 Å². The summed E-state index contributed by atoms with van der Waals surface area (Å²) in [6, 6.07) is 8.05. The van der Waals surface area contributed by atoms with E-state index in [1.807, 2.05) is 43.0 Å². The summed E-state index contributed by atoms with van der Waals surface area (Å²) >= 11 is 2.00. The van der Waals surface area contributed by atoms with E-state index in [1.54, 1.807) is 0 Å². The maximum absolute atomic E-state index is 11.5. The highest BCUT2D eigenvalue weighted by Crippen LogP contribution is 2.28. The number of carbonyl (C=O) groups is 1. The van der Waals surface area contributed by atoms with Crippen LogP contribution in [0.4, 0.5) is 5.69 Å². The number of thioether (sulfide) groups is 1. The Labute approximate surface area is 112 Å². The Bertz CT molecular complexity index is 405. The topological polar surface area (TPSA) is 38.3 Å². The number of benzene rings is 1. The molecule has 0 spiro atoms. The molecular formula is C14H19NO2S. The highest BCUT2D eigenvalue weighted by Gasteiger charge is 2.23. The lowest BCUT2D eigenvalue weighted by molar-refractivity contribution is 0.0526. The van der Waals surface area contributed by atoms with Gasteiger partial charge in [-0.25, -0.2) is 4.79 Å². The summed E-state index contributed by atoms with van der Waals surface area (Å²) in [6.07, 6.45) is 1.20. The predicted octanol–water partition coefficient (Wildman–Crippen LogP) is 3.17. The molecule has 0 amide bonds. The first kappa shape index (κ1) is 13.3. The molecule has 1 fully saturated rings. The molecule has 1 aromatic carbocycles. The highest BCUT2D eigenvalue weighted by molar-refractivity contribution is 8.00. The van der Waals surface area contributed by atoms with Crippen LogP contribution in [0, 0.1) is 0 Å². The van der Waals surface area contributed by atoms with Gasteiger partial charge in [-0.05, 0) is 43.4 Å². The van der Waals surface area contributed by atoms with Crippen molar-refractivity contribution in [3.63, 3.8) is 0 Å². The van der Waals surface area contributed by atoms with Crippen LogP contribution in [0.3, 0.4) is 0 Å². The molecular weight excluding hydrogens is 246 g/mol. The second-order valence-corrected chi connectivity index (χ2v) is 5.90. The molecule has 2 atom stereocenters. The Hall–Kier alpha value is -1.16. The van der Waals surface area contributed by atoms with Crippen LogP contribution in [0.5, 0.6) is 0 Å². The molecule has 1 aliphatic rings. The first-order valence-electron chi connectivity index (χ1n) is 6.36. The van der Waals surface area contributed by atoms with Gasteiger partial charge < -0.3 is 10.1 Å². The molecule has 4 heteroatoms. The van der Waals surface area contributed by atoms with Crippen LogP contribution in [0.25, 0.3) is 0 Å². The van der Waals surface area contributed by atoms with Crippen molar-refractivity contribution in [3.8, 4) is 0 Å². The molecule has 1 aliphatic heterocycles. The molecule has 3 nitrogen and oxygen atoms in total. The van der Waals surface area contributed by atoms with Crippen LogP contribution < -0.4 is 5.32 Å². The number of esters is 1. The molecule has 1 heterocycles. The quantitative estimate of drug-likeness (QED) is 0.849. The van der Waals surface area contributed by atoms with Crippen molar-refractivity contribution in [3.05, 3.63) is 29.8 Å². The normalized spacial score (nSPS) is 22.8. The fourth-order valence-corrected chi connectivity index (χ4v) is 3.25. The SMILES string of the molecule is CCOC(=O)c1ccc(NC2CCSC2C)cc1. The lowest BCUT2D eigenvalue weighted by Crippen LogP contribution is -2.24. The molecule has 18 heavy (non-hydrogen) atoms. The van der Waals surface area contributed by atoms with Gasteiger partial charge in [0.05, 0.1) is 12.2 Å². The summed E-state index contributed by atoms with van der Waals surface area (Å²) in [5.41, 5.74) is 1.68. The summed E-state index contributed by atoms with van der Waals surface area (Å²) in [6.45, 7) is 4.48. The van der Waals surface area contributed by atoms with E-state index in [-0.39, 0.29) is 5.97 Å². The number of carbonyl (C=O) groups excluding carboxylic acids is 1. The van der Waals surface area contributed by atoms with Crippen LogP contribution in [0.2, 0.25) is 0 Å². The average Bonchev–Trinajstić information content (AvgIpc) is 2.76. The first-order chi connectivity index (χ1) is 8.70. The van der Waals surface area contributed by atoms with Crippen molar-refractivity contribution < 1.29 is 9.53 Å². The van der Waals surface area contributed by atoms with Crippen molar-refractivity contribution in [2.75, 3.05) is 17.7 Å². The van der Waals surface area contributed by atoms with Crippen molar-refractivity contribution in [1.29, 1.82) is 0 Å². The molecule has 0 bridgehead atoms. The highest BCUT2D eigenvalue weighted by atomic mass is 32.2. The number of anilines is 1. The minimum Gasteiger partial charge on any atom is -0.462 e. The van der Waals surface area contributed by atoms with Crippen LogP contribution in [0.15, 0.2) is 24.3 Å². The number of hydrogen-bond acceptors (Lipinski definition) is 4. The molecule has 0 saturated carbocycles. The third-order valence-corrected chi connectivity index (χ3v) is 4.45. The predicted molar refractivity (Wildman–Crippen MR) is 76.3 cm³/mol. The van der Waals surface area contributed by atoms with Crippen LogP contribution in [-0.2, 0) is 4.74 Å². The summed E-state index contributed by atoms with van der Waals surface area (Å²) in [5, 5.41) is 4.16. The van der Waals surface area contributed by atoms with E-state index in [2.05, 4.69) is 12.2 Å². The van der Waals surface area contributed by atoms with Crippen molar-refractivity contribution in [2.45, 2.75) is 31.6 Å². The molecule has 0 aliphatic carbocycles. The van der Waals surface area contributed by atoms with Gasteiger partial charge in [-0.2, -0.15) is 11.8 Å². The Balaban J connectivity index is 1.97. The van der Waals surface area contributed by atoms with E-state index in [1.165, 1.54) is 12.2 Å². The maximum Gasteiger partial charge on any atom is 0.338 e. The van der Waals surface area contributed by atoms with E-state index in [4.69, 9.17) is 4.74 Å². The van der Waals surface area contributed by atoms with Crippen molar-refractivity contribution in [1.82, 2.24) is 0 Å². The summed E-state index contributed by atoms with van der Waals surface area (Å²) in [5.74, 6) is 0.966. The summed E-state index contributed by atoms with van der Waals surface area (Å²) in [7, 11) is 0. The van der Waals surface area contributed by atoms with Gasteiger partial charge in [0.2, 0.25) is 0 Å². The largest absolute Gasteiger partial charge is 0.462 e. The molecule has 1 aromatic rings. The van der Waals surface area contributed by atoms with Gasteiger partial charge in [0.25, 0.3) is 0 Å². The van der Waals surface area contributed by atoms with Gasteiger partial charge in [0.15, 0.2) is 0 Å². The first-order valence-corrected chi connectivity index (χ1v) is 7.41. The zero-order valence-corrected chi connectivity index (χ0v) is 11.6. The Morgan fingerprint density at radius 3 is 2.72 bits per heavy atom. The van der Waals surface area contributed by atoms with Gasteiger partial charge in [-0.1, -0.05) is 6.92 Å². The van der Waals surface area contributed by atoms with Crippen LogP contribution in [-0.4, -0.2) is 29.6 Å². The van der Waals surface area contributed by atoms with Gasteiger partial charge in [-0.3, -0.25) is 0 Å². The second kappa shape index (κ2) is 6.14. The second-order valence-electron chi connectivity index (χ2n) is 4.41.